The van der Waals surface area contributed by atoms with Crippen LogP contribution in [0.2, 0.25) is 0 Å². The van der Waals surface area contributed by atoms with E-state index in [9.17, 15) is 4.39 Å². The molecule has 1 heterocycles. The van der Waals surface area contributed by atoms with Gasteiger partial charge in [-0.25, -0.2) is 4.39 Å². The van der Waals surface area contributed by atoms with Gasteiger partial charge < -0.3 is 9.64 Å². The molecule has 1 saturated carbocycles. The van der Waals surface area contributed by atoms with E-state index < -0.39 is 0 Å². The van der Waals surface area contributed by atoms with Crippen LogP contribution in [0.5, 0.6) is 0 Å². The third-order valence-corrected chi connectivity index (χ3v) is 7.93. The van der Waals surface area contributed by atoms with E-state index in [1.54, 1.807) is 6.07 Å². The quantitative estimate of drug-likeness (QED) is 0.603. The monoisotopic (exact) mass is 450 g/mol. The Morgan fingerprint density at radius 2 is 1.55 bits per heavy atom. The molecule has 2 aliphatic carbocycles. The van der Waals surface area contributed by atoms with E-state index in [1.807, 2.05) is 12.1 Å². The van der Waals surface area contributed by atoms with Gasteiger partial charge in [0.25, 0.3) is 0 Å². The molecule has 0 radical (unpaired) electrons. The van der Waals surface area contributed by atoms with Crippen molar-refractivity contribution >= 4 is 0 Å². The van der Waals surface area contributed by atoms with Crippen LogP contribution in [0.3, 0.4) is 0 Å². The van der Waals surface area contributed by atoms with Crippen LogP contribution in [0.1, 0.15) is 67.7 Å². The maximum atomic E-state index is 14.3. The summed E-state index contributed by atoms with van der Waals surface area (Å²) < 4.78 is 20.2. The molecular formula is C29H39FN2O. The highest BCUT2D eigenvalue weighted by Gasteiger charge is 2.40. The first-order valence-electron chi connectivity index (χ1n) is 12.8. The summed E-state index contributed by atoms with van der Waals surface area (Å²) in [5.74, 6) is 1.55. The Kier molecular flexibility index (Phi) is 6.61. The van der Waals surface area contributed by atoms with E-state index in [2.05, 4.69) is 54.8 Å². The van der Waals surface area contributed by atoms with E-state index in [1.165, 1.54) is 41.6 Å². The molecular weight excluding hydrogens is 411 g/mol. The van der Waals surface area contributed by atoms with Gasteiger partial charge in [-0.05, 0) is 92.2 Å². The number of benzene rings is 2. The molecule has 4 heteroatoms. The standard InChI is InChI=1S/C29H39FN2O/c1-29(2,3)33-15-14-31-10-12-32(13-11-31)20-21-16-27-25-7-5-4-6-22(25)18-23-8-9-24(30)19-26(23)28(27)17-21/h4-9,19,21,27-28H,10-18,20H2,1-3H3. The Labute approximate surface area is 198 Å². The summed E-state index contributed by atoms with van der Waals surface area (Å²) in [6.45, 7) is 13.9. The van der Waals surface area contributed by atoms with Crippen LogP contribution in [0, 0.1) is 11.7 Å². The van der Waals surface area contributed by atoms with Crippen LogP contribution in [0.15, 0.2) is 42.5 Å². The molecule has 3 unspecified atom stereocenters. The average Bonchev–Trinajstić information content (AvgIpc) is 3.14. The number of rotatable bonds is 5. The molecule has 2 aromatic carbocycles. The summed E-state index contributed by atoms with van der Waals surface area (Å²) in [6.07, 6.45) is 3.33. The molecule has 2 aromatic rings. The van der Waals surface area contributed by atoms with Crippen molar-refractivity contribution in [3.05, 3.63) is 70.5 Å². The van der Waals surface area contributed by atoms with Crippen LogP contribution in [-0.4, -0.2) is 61.3 Å². The topological polar surface area (TPSA) is 15.7 Å². The number of fused-ring (bicyclic) bond motifs is 5. The second-order valence-electron chi connectivity index (χ2n) is 11.4. The van der Waals surface area contributed by atoms with Crippen LogP contribution in [0.25, 0.3) is 0 Å². The third-order valence-electron chi connectivity index (χ3n) is 7.93. The fraction of sp³-hybridized carbons (Fsp3) is 0.586. The molecule has 3 aliphatic rings. The number of hydrogen-bond acceptors (Lipinski definition) is 3. The highest BCUT2D eigenvalue weighted by atomic mass is 19.1. The number of piperazine rings is 1. The largest absolute Gasteiger partial charge is 0.375 e. The normalized spacial score (nSPS) is 25.9. The lowest BCUT2D eigenvalue weighted by atomic mass is 9.84. The molecule has 0 aromatic heterocycles. The van der Waals surface area contributed by atoms with Crippen LogP contribution < -0.4 is 0 Å². The van der Waals surface area contributed by atoms with Crippen molar-refractivity contribution in [1.29, 1.82) is 0 Å². The summed E-state index contributed by atoms with van der Waals surface area (Å²) in [4.78, 5) is 5.20. The Hall–Kier alpha value is -1.75. The predicted molar refractivity (Wildman–Crippen MR) is 132 cm³/mol. The summed E-state index contributed by atoms with van der Waals surface area (Å²) >= 11 is 0. The number of ether oxygens (including phenoxy) is 1. The zero-order valence-corrected chi connectivity index (χ0v) is 20.5. The fourth-order valence-corrected chi connectivity index (χ4v) is 6.36. The SMILES string of the molecule is CC(C)(C)OCCN1CCN(CC2CC3c4ccccc4Cc4ccc(F)cc4C3C2)CC1. The van der Waals surface area contributed by atoms with Gasteiger partial charge in [-0.2, -0.15) is 0 Å². The van der Waals surface area contributed by atoms with Crippen molar-refractivity contribution in [2.75, 3.05) is 45.9 Å². The van der Waals surface area contributed by atoms with Crippen LogP contribution in [-0.2, 0) is 11.2 Å². The lowest BCUT2D eigenvalue weighted by Gasteiger charge is -2.36. The van der Waals surface area contributed by atoms with Gasteiger partial charge in [0.15, 0.2) is 0 Å². The number of nitrogens with zero attached hydrogens (tertiary/aromatic N) is 2. The molecule has 3 nitrogen and oxygen atoms in total. The van der Waals surface area contributed by atoms with E-state index in [0.717, 1.165) is 45.8 Å². The summed E-state index contributed by atoms with van der Waals surface area (Å²) in [5.41, 5.74) is 5.47. The predicted octanol–water partition coefficient (Wildman–Crippen LogP) is 5.44. The minimum atomic E-state index is -0.0894. The Morgan fingerprint density at radius 3 is 2.30 bits per heavy atom. The highest BCUT2D eigenvalue weighted by molar-refractivity contribution is 5.46. The second-order valence-corrected chi connectivity index (χ2v) is 11.4. The van der Waals surface area contributed by atoms with E-state index in [4.69, 9.17) is 4.74 Å². The van der Waals surface area contributed by atoms with E-state index >= 15 is 0 Å². The highest BCUT2D eigenvalue weighted by Crippen LogP contribution is 2.52. The van der Waals surface area contributed by atoms with Gasteiger partial charge in [-0.3, -0.25) is 4.90 Å². The molecule has 2 fully saturated rings. The summed E-state index contributed by atoms with van der Waals surface area (Å²) in [5, 5.41) is 0. The van der Waals surface area contributed by atoms with Gasteiger partial charge >= 0.3 is 0 Å². The number of hydrogen-bond donors (Lipinski definition) is 0. The molecule has 3 atom stereocenters. The smallest absolute Gasteiger partial charge is 0.123 e. The van der Waals surface area contributed by atoms with E-state index in [-0.39, 0.29) is 11.4 Å². The molecule has 0 amide bonds. The van der Waals surface area contributed by atoms with E-state index in [0.29, 0.717) is 17.8 Å². The summed E-state index contributed by atoms with van der Waals surface area (Å²) in [7, 11) is 0. The summed E-state index contributed by atoms with van der Waals surface area (Å²) in [6, 6.07) is 14.4. The Balaban J connectivity index is 1.23. The minimum absolute atomic E-state index is 0.0554. The first-order chi connectivity index (χ1) is 15.9. The van der Waals surface area contributed by atoms with Crippen molar-refractivity contribution in [1.82, 2.24) is 9.80 Å². The van der Waals surface area contributed by atoms with Gasteiger partial charge in [0, 0.05) is 39.3 Å². The maximum Gasteiger partial charge on any atom is 0.123 e. The van der Waals surface area contributed by atoms with Crippen LogP contribution >= 0.6 is 0 Å². The lowest BCUT2D eigenvalue weighted by molar-refractivity contribution is -0.0182. The van der Waals surface area contributed by atoms with Gasteiger partial charge in [0.1, 0.15) is 5.82 Å². The molecule has 1 saturated heterocycles. The maximum absolute atomic E-state index is 14.3. The number of halogens is 1. The molecule has 1 aliphatic heterocycles. The van der Waals surface area contributed by atoms with Crippen LogP contribution in [0.4, 0.5) is 4.39 Å². The van der Waals surface area contributed by atoms with Crippen molar-refractivity contribution in [2.24, 2.45) is 5.92 Å². The average molecular weight is 451 g/mol. The fourth-order valence-electron chi connectivity index (χ4n) is 6.36. The van der Waals surface area contributed by atoms with Crippen molar-refractivity contribution < 1.29 is 9.13 Å². The van der Waals surface area contributed by atoms with Gasteiger partial charge in [0.05, 0.1) is 12.2 Å². The third kappa shape index (κ3) is 5.34. The molecule has 178 valence electrons. The molecule has 0 N–H and O–H groups in total. The molecule has 0 spiro atoms. The second kappa shape index (κ2) is 9.48. The first kappa shape index (κ1) is 23.0. The molecule has 0 bridgehead atoms. The Bertz CT molecular complexity index is 960. The van der Waals surface area contributed by atoms with Crippen molar-refractivity contribution in [2.45, 2.75) is 57.5 Å². The molecule has 33 heavy (non-hydrogen) atoms. The van der Waals surface area contributed by atoms with Crippen molar-refractivity contribution in [3.63, 3.8) is 0 Å². The Morgan fingerprint density at radius 1 is 0.879 bits per heavy atom. The minimum Gasteiger partial charge on any atom is -0.375 e. The molecule has 5 rings (SSSR count). The van der Waals surface area contributed by atoms with Crippen molar-refractivity contribution in [3.8, 4) is 0 Å². The first-order valence-corrected chi connectivity index (χ1v) is 12.8. The van der Waals surface area contributed by atoms with Gasteiger partial charge in [-0.1, -0.05) is 30.3 Å². The zero-order valence-electron chi connectivity index (χ0n) is 20.5. The van der Waals surface area contributed by atoms with Gasteiger partial charge in [0.2, 0.25) is 0 Å². The zero-order chi connectivity index (χ0) is 23.0. The lowest BCUT2D eigenvalue weighted by Crippen LogP contribution is -2.48. The van der Waals surface area contributed by atoms with Gasteiger partial charge in [-0.15, -0.1) is 0 Å².